The van der Waals surface area contributed by atoms with E-state index in [2.05, 4.69) is 64.8 Å². The van der Waals surface area contributed by atoms with Crippen molar-refractivity contribution >= 4 is 5.69 Å². The Morgan fingerprint density at radius 1 is 1.16 bits per heavy atom. The van der Waals surface area contributed by atoms with Gasteiger partial charge in [-0.3, -0.25) is 0 Å². The summed E-state index contributed by atoms with van der Waals surface area (Å²) in [5, 5.41) is 8.62. The molecular weight excluding hydrogens is 232 g/mol. The van der Waals surface area contributed by atoms with E-state index in [1.165, 1.54) is 22.4 Å². The maximum Gasteiger partial charge on any atom is 0.0622 e. The number of benzene rings is 1. The van der Waals surface area contributed by atoms with Crippen LogP contribution >= 0.6 is 0 Å². The van der Waals surface area contributed by atoms with Gasteiger partial charge in [0.05, 0.1) is 6.07 Å². The molecule has 0 amide bonds. The van der Waals surface area contributed by atoms with Crippen LogP contribution in [-0.2, 0) is 5.41 Å². The van der Waals surface area contributed by atoms with Gasteiger partial charge >= 0.3 is 0 Å². The van der Waals surface area contributed by atoms with E-state index in [1.807, 2.05) is 0 Å². The molecule has 0 aliphatic heterocycles. The number of rotatable bonds is 4. The molecule has 0 aromatic heterocycles. The quantitative estimate of drug-likeness (QED) is 0.751. The fourth-order valence-electron chi connectivity index (χ4n) is 2.50. The van der Waals surface area contributed by atoms with Crippen LogP contribution in [0.25, 0.3) is 0 Å². The second-order valence-electron chi connectivity index (χ2n) is 6.39. The van der Waals surface area contributed by atoms with Crippen molar-refractivity contribution in [2.45, 2.75) is 52.9 Å². The fourth-order valence-corrected chi connectivity index (χ4v) is 2.50. The molecule has 1 aromatic carbocycles. The van der Waals surface area contributed by atoms with Gasteiger partial charge in [-0.2, -0.15) is 5.26 Å². The Kier molecular flexibility index (Phi) is 5.00. The highest BCUT2D eigenvalue weighted by Gasteiger charge is 2.17. The van der Waals surface area contributed by atoms with Crippen molar-refractivity contribution in [1.82, 2.24) is 0 Å². The van der Waals surface area contributed by atoms with E-state index in [4.69, 9.17) is 5.26 Å². The highest BCUT2D eigenvalue weighted by atomic mass is 15.1. The molecule has 2 heteroatoms. The van der Waals surface area contributed by atoms with E-state index in [1.54, 1.807) is 0 Å². The smallest absolute Gasteiger partial charge is 0.0622 e. The van der Waals surface area contributed by atoms with Crippen LogP contribution in [-0.4, -0.2) is 13.6 Å². The second kappa shape index (κ2) is 6.10. The van der Waals surface area contributed by atoms with Gasteiger partial charge in [-0.05, 0) is 42.4 Å². The Morgan fingerprint density at radius 3 is 2.11 bits per heavy atom. The lowest BCUT2D eigenvalue weighted by molar-refractivity contribution is 0.589. The molecule has 0 heterocycles. The molecule has 104 valence electrons. The number of hydrogen-bond donors (Lipinski definition) is 0. The van der Waals surface area contributed by atoms with Crippen molar-refractivity contribution in [2.75, 3.05) is 18.5 Å². The van der Waals surface area contributed by atoms with E-state index in [0.717, 1.165) is 13.0 Å². The molecule has 19 heavy (non-hydrogen) atoms. The van der Waals surface area contributed by atoms with Crippen LogP contribution in [0.2, 0.25) is 0 Å². The predicted octanol–water partition coefficient (Wildman–Crippen LogP) is 4.34. The second-order valence-corrected chi connectivity index (χ2v) is 6.39. The average Bonchev–Trinajstić information content (AvgIpc) is 2.27. The summed E-state index contributed by atoms with van der Waals surface area (Å²) < 4.78 is 0. The zero-order chi connectivity index (χ0) is 14.6. The van der Waals surface area contributed by atoms with Crippen LogP contribution in [0.5, 0.6) is 0 Å². The van der Waals surface area contributed by atoms with Gasteiger partial charge < -0.3 is 4.90 Å². The first-order chi connectivity index (χ1) is 8.77. The van der Waals surface area contributed by atoms with Crippen LogP contribution in [0.4, 0.5) is 5.69 Å². The largest absolute Gasteiger partial charge is 0.374 e. The van der Waals surface area contributed by atoms with Crippen LogP contribution in [0.15, 0.2) is 12.1 Å². The van der Waals surface area contributed by atoms with Crippen molar-refractivity contribution in [3.63, 3.8) is 0 Å². The van der Waals surface area contributed by atoms with Gasteiger partial charge in [-0.15, -0.1) is 0 Å². The van der Waals surface area contributed by atoms with E-state index < -0.39 is 0 Å². The molecule has 0 saturated heterocycles. The van der Waals surface area contributed by atoms with Crippen molar-refractivity contribution in [1.29, 1.82) is 5.26 Å². The van der Waals surface area contributed by atoms with E-state index in [0.29, 0.717) is 6.42 Å². The zero-order valence-corrected chi connectivity index (χ0v) is 13.2. The number of nitrogens with zero attached hydrogens (tertiary/aromatic N) is 2. The van der Waals surface area contributed by atoms with Gasteiger partial charge in [0, 0.05) is 25.7 Å². The maximum absolute atomic E-state index is 8.62. The average molecular weight is 258 g/mol. The Morgan fingerprint density at radius 2 is 1.68 bits per heavy atom. The first-order valence-electron chi connectivity index (χ1n) is 6.97. The third kappa shape index (κ3) is 3.99. The van der Waals surface area contributed by atoms with E-state index >= 15 is 0 Å². The number of nitriles is 1. The molecule has 0 aliphatic carbocycles. The normalized spacial score (nSPS) is 11.2. The SMILES string of the molecule is Cc1cc(C(C)(C)C)cc(C)c1N(C)CCCC#N. The predicted molar refractivity (Wildman–Crippen MR) is 82.7 cm³/mol. The lowest BCUT2D eigenvalue weighted by atomic mass is 9.84. The van der Waals surface area contributed by atoms with E-state index in [-0.39, 0.29) is 5.41 Å². The summed E-state index contributed by atoms with van der Waals surface area (Å²) in [6, 6.07) is 6.80. The minimum absolute atomic E-state index is 0.188. The molecule has 1 rings (SSSR count). The molecule has 0 unspecified atom stereocenters. The van der Waals surface area contributed by atoms with E-state index in [9.17, 15) is 0 Å². The lowest BCUT2D eigenvalue weighted by Crippen LogP contribution is -2.21. The molecular formula is C17H26N2. The molecule has 0 radical (unpaired) electrons. The molecule has 1 aromatic rings. The van der Waals surface area contributed by atoms with Crippen LogP contribution in [0.1, 0.15) is 50.3 Å². The summed E-state index contributed by atoms with van der Waals surface area (Å²) in [5.41, 5.74) is 5.53. The van der Waals surface area contributed by atoms with Crippen molar-refractivity contribution < 1.29 is 0 Å². The maximum atomic E-state index is 8.62. The number of hydrogen-bond acceptors (Lipinski definition) is 2. The Labute approximate surface area is 118 Å². The monoisotopic (exact) mass is 258 g/mol. The van der Waals surface area contributed by atoms with Gasteiger partial charge in [-0.1, -0.05) is 32.9 Å². The topological polar surface area (TPSA) is 27.0 Å². The zero-order valence-electron chi connectivity index (χ0n) is 13.2. The summed E-state index contributed by atoms with van der Waals surface area (Å²) in [5.74, 6) is 0. The molecule has 0 fully saturated rings. The molecule has 2 nitrogen and oxygen atoms in total. The van der Waals surface area contributed by atoms with Gasteiger partial charge in [0.25, 0.3) is 0 Å². The van der Waals surface area contributed by atoms with Gasteiger partial charge in [0.1, 0.15) is 0 Å². The van der Waals surface area contributed by atoms with Crippen LogP contribution in [0, 0.1) is 25.2 Å². The number of aryl methyl sites for hydroxylation is 2. The third-order valence-corrected chi connectivity index (χ3v) is 3.52. The summed E-state index contributed by atoms with van der Waals surface area (Å²) in [4.78, 5) is 2.27. The van der Waals surface area contributed by atoms with Crippen molar-refractivity contribution in [3.8, 4) is 6.07 Å². The molecule has 0 aliphatic rings. The third-order valence-electron chi connectivity index (χ3n) is 3.52. The summed E-state index contributed by atoms with van der Waals surface area (Å²) in [6.45, 7) is 12.0. The summed E-state index contributed by atoms with van der Waals surface area (Å²) in [7, 11) is 2.11. The van der Waals surface area contributed by atoms with Gasteiger partial charge in [0.2, 0.25) is 0 Å². The Balaban J connectivity index is 3.01. The first-order valence-corrected chi connectivity index (χ1v) is 6.97. The molecule has 0 bridgehead atoms. The Hall–Kier alpha value is -1.49. The van der Waals surface area contributed by atoms with Gasteiger partial charge in [-0.25, -0.2) is 0 Å². The highest BCUT2D eigenvalue weighted by molar-refractivity contribution is 5.60. The van der Waals surface area contributed by atoms with Crippen LogP contribution < -0.4 is 4.90 Å². The molecule has 0 spiro atoms. The molecule has 0 N–H and O–H groups in total. The van der Waals surface area contributed by atoms with Crippen LogP contribution in [0.3, 0.4) is 0 Å². The standard InChI is InChI=1S/C17H26N2/c1-13-11-15(17(3,4)5)12-14(2)16(13)19(6)10-8-7-9-18/h11-12H,7-8,10H2,1-6H3. The van der Waals surface area contributed by atoms with Gasteiger partial charge in [0.15, 0.2) is 0 Å². The van der Waals surface area contributed by atoms with Crippen molar-refractivity contribution in [2.24, 2.45) is 0 Å². The number of unbranched alkanes of at least 4 members (excludes halogenated alkanes) is 1. The first kappa shape index (κ1) is 15.6. The van der Waals surface area contributed by atoms with Crippen molar-refractivity contribution in [3.05, 3.63) is 28.8 Å². The number of anilines is 1. The fraction of sp³-hybridized carbons (Fsp3) is 0.588. The summed E-state index contributed by atoms with van der Waals surface area (Å²) in [6.07, 6.45) is 1.55. The molecule has 0 atom stereocenters. The summed E-state index contributed by atoms with van der Waals surface area (Å²) >= 11 is 0. The molecule has 0 saturated carbocycles. The lowest BCUT2D eigenvalue weighted by Gasteiger charge is -2.27. The Bertz CT molecular complexity index is 452. The minimum Gasteiger partial charge on any atom is -0.374 e. The highest BCUT2D eigenvalue weighted by Crippen LogP contribution is 2.31. The minimum atomic E-state index is 0.188.